The maximum atomic E-state index is 9.11. The summed E-state index contributed by atoms with van der Waals surface area (Å²) < 4.78 is 1.05. The molecule has 0 aliphatic rings. The third-order valence-corrected chi connectivity index (χ3v) is 3.70. The Morgan fingerprint density at radius 2 is 1.44 bits per heavy atom. The summed E-state index contributed by atoms with van der Waals surface area (Å²) in [5.41, 5.74) is 0. The van der Waals surface area contributed by atoms with Gasteiger partial charge in [-0.1, -0.05) is 13.8 Å². The molecule has 1 N–H and O–H groups in total. The van der Waals surface area contributed by atoms with Gasteiger partial charge in [-0.05, 0) is 26.9 Å². The predicted molar refractivity (Wildman–Crippen MR) is 66.0 cm³/mol. The van der Waals surface area contributed by atoms with Crippen molar-refractivity contribution in [1.29, 1.82) is 0 Å². The van der Waals surface area contributed by atoms with Gasteiger partial charge in [-0.2, -0.15) is 0 Å². The van der Waals surface area contributed by atoms with Crippen molar-refractivity contribution in [2.75, 3.05) is 52.4 Å². The molecule has 0 fully saturated rings. The average Bonchev–Trinajstić information content (AvgIpc) is 2.29. The lowest BCUT2D eigenvalue weighted by Gasteiger charge is -2.37. The molecule has 0 amide bonds. The minimum atomic E-state index is 0. The van der Waals surface area contributed by atoms with Crippen molar-refractivity contribution in [2.24, 2.45) is 0 Å². The Morgan fingerprint density at radius 1 is 0.938 bits per heavy atom. The molecule has 0 aromatic heterocycles. The van der Waals surface area contributed by atoms with Crippen molar-refractivity contribution in [3.63, 3.8) is 0 Å². The first kappa shape index (κ1) is 18.7. The van der Waals surface area contributed by atoms with Crippen LogP contribution in [0.1, 0.15) is 27.7 Å². The standard InChI is InChI=1S/C12H29N2O.BrH/c1-5-13(6-2)9-10-14(7-3,8-4)11-12-15;/h15H,5-12H2,1-4H3;1H/q+1;/p-1. The molecule has 0 aromatic carbocycles. The molecule has 0 radical (unpaired) electrons. The van der Waals surface area contributed by atoms with Crippen LogP contribution in [0.4, 0.5) is 0 Å². The molecule has 0 saturated carbocycles. The summed E-state index contributed by atoms with van der Waals surface area (Å²) in [6.45, 7) is 16.9. The molecule has 4 heteroatoms. The number of likely N-dealkylation sites (N-methyl/N-ethyl adjacent to an activating group) is 2. The summed E-state index contributed by atoms with van der Waals surface area (Å²) in [5, 5.41) is 9.11. The zero-order valence-electron chi connectivity index (χ0n) is 11.4. The summed E-state index contributed by atoms with van der Waals surface area (Å²) in [7, 11) is 0. The fraction of sp³-hybridized carbons (Fsp3) is 1.00. The lowest BCUT2D eigenvalue weighted by Crippen LogP contribution is -3.00. The van der Waals surface area contributed by atoms with Crippen molar-refractivity contribution in [3.05, 3.63) is 0 Å². The van der Waals surface area contributed by atoms with Gasteiger partial charge in [0.05, 0.1) is 26.2 Å². The summed E-state index contributed by atoms with van der Waals surface area (Å²) in [6, 6.07) is 0. The van der Waals surface area contributed by atoms with E-state index in [1.54, 1.807) is 0 Å². The lowest BCUT2D eigenvalue weighted by molar-refractivity contribution is -0.924. The number of rotatable bonds is 9. The van der Waals surface area contributed by atoms with Crippen LogP contribution in [0, 0.1) is 0 Å². The zero-order chi connectivity index (χ0) is 11.7. The largest absolute Gasteiger partial charge is 1.00 e. The van der Waals surface area contributed by atoms with E-state index in [9.17, 15) is 0 Å². The Hall–Kier alpha value is 0.360. The van der Waals surface area contributed by atoms with Gasteiger partial charge in [-0.25, -0.2) is 0 Å². The summed E-state index contributed by atoms with van der Waals surface area (Å²) in [4.78, 5) is 2.45. The molecule has 0 bridgehead atoms. The Morgan fingerprint density at radius 3 is 1.75 bits per heavy atom. The number of nitrogens with zero attached hydrogens (tertiary/aromatic N) is 2. The molecule has 16 heavy (non-hydrogen) atoms. The van der Waals surface area contributed by atoms with E-state index >= 15 is 0 Å². The highest BCUT2D eigenvalue weighted by Gasteiger charge is 2.22. The number of quaternary nitrogens is 1. The van der Waals surface area contributed by atoms with E-state index in [0.29, 0.717) is 6.61 Å². The maximum Gasteiger partial charge on any atom is 0.102 e. The van der Waals surface area contributed by atoms with Gasteiger partial charge in [0.15, 0.2) is 0 Å². The fourth-order valence-electron chi connectivity index (χ4n) is 2.07. The number of aliphatic hydroxyl groups is 1. The second kappa shape index (κ2) is 10.5. The Labute approximate surface area is 112 Å². The van der Waals surface area contributed by atoms with Gasteiger partial charge >= 0.3 is 0 Å². The van der Waals surface area contributed by atoms with Crippen LogP contribution >= 0.6 is 0 Å². The molecule has 0 heterocycles. The lowest BCUT2D eigenvalue weighted by atomic mass is 10.3. The third kappa shape index (κ3) is 6.18. The first-order valence-corrected chi connectivity index (χ1v) is 6.36. The van der Waals surface area contributed by atoms with Gasteiger partial charge in [0.1, 0.15) is 6.54 Å². The van der Waals surface area contributed by atoms with E-state index < -0.39 is 0 Å². The molecule has 3 nitrogen and oxygen atoms in total. The molecule has 0 aliphatic carbocycles. The van der Waals surface area contributed by atoms with Crippen LogP contribution in [0.2, 0.25) is 0 Å². The zero-order valence-corrected chi connectivity index (χ0v) is 13.0. The molecule has 0 atom stereocenters. The van der Waals surface area contributed by atoms with Gasteiger partial charge in [0.25, 0.3) is 0 Å². The second-order valence-electron chi connectivity index (χ2n) is 4.17. The molecule has 0 aliphatic heterocycles. The Kier molecular flexibility index (Phi) is 12.3. The van der Waals surface area contributed by atoms with E-state index in [0.717, 1.165) is 50.3 Å². The summed E-state index contributed by atoms with van der Waals surface area (Å²) in [6.07, 6.45) is 0. The van der Waals surface area contributed by atoms with Gasteiger partial charge in [-0.3, -0.25) is 4.90 Å². The van der Waals surface area contributed by atoms with E-state index in [1.165, 1.54) is 0 Å². The number of hydrogen-bond acceptors (Lipinski definition) is 2. The summed E-state index contributed by atoms with van der Waals surface area (Å²) in [5.74, 6) is 0. The van der Waals surface area contributed by atoms with E-state index in [-0.39, 0.29) is 17.0 Å². The van der Waals surface area contributed by atoms with Crippen LogP contribution in [0.15, 0.2) is 0 Å². The van der Waals surface area contributed by atoms with Crippen molar-refractivity contribution >= 4 is 0 Å². The average molecular weight is 297 g/mol. The molecule has 100 valence electrons. The molecular weight excluding hydrogens is 268 g/mol. The van der Waals surface area contributed by atoms with E-state index in [4.69, 9.17) is 5.11 Å². The molecule has 0 spiro atoms. The van der Waals surface area contributed by atoms with E-state index in [2.05, 4.69) is 32.6 Å². The SMILES string of the molecule is CCN(CC)CC[N+](CC)(CC)CCO.[Br-]. The smallest absolute Gasteiger partial charge is 0.102 e. The van der Waals surface area contributed by atoms with Crippen LogP contribution < -0.4 is 17.0 Å². The first-order valence-electron chi connectivity index (χ1n) is 6.36. The monoisotopic (exact) mass is 296 g/mol. The van der Waals surface area contributed by atoms with Crippen molar-refractivity contribution in [2.45, 2.75) is 27.7 Å². The van der Waals surface area contributed by atoms with Gasteiger partial charge in [0.2, 0.25) is 0 Å². The molecule has 0 rings (SSSR count). The van der Waals surface area contributed by atoms with Crippen LogP contribution in [0.25, 0.3) is 0 Å². The van der Waals surface area contributed by atoms with Crippen molar-refractivity contribution < 1.29 is 26.6 Å². The highest BCUT2D eigenvalue weighted by Crippen LogP contribution is 2.06. The maximum absolute atomic E-state index is 9.11. The van der Waals surface area contributed by atoms with Crippen LogP contribution in [0.3, 0.4) is 0 Å². The minimum Gasteiger partial charge on any atom is -1.00 e. The van der Waals surface area contributed by atoms with Gasteiger partial charge < -0.3 is 26.6 Å². The van der Waals surface area contributed by atoms with Crippen LogP contribution in [-0.4, -0.2) is 66.9 Å². The third-order valence-electron chi connectivity index (χ3n) is 3.70. The van der Waals surface area contributed by atoms with Gasteiger partial charge in [0, 0.05) is 6.54 Å². The second-order valence-corrected chi connectivity index (χ2v) is 4.17. The Bertz CT molecular complexity index is 148. The van der Waals surface area contributed by atoms with E-state index in [1.807, 2.05) is 0 Å². The van der Waals surface area contributed by atoms with Crippen LogP contribution in [-0.2, 0) is 0 Å². The highest BCUT2D eigenvalue weighted by atomic mass is 79.9. The highest BCUT2D eigenvalue weighted by molar-refractivity contribution is 4.52. The fourth-order valence-corrected chi connectivity index (χ4v) is 2.07. The van der Waals surface area contributed by atoms with Gasteiger partial charge in [-0.15, -0.1) is 0 Å². The normalized spacial score (nSPS) is 11.6. The topological polar surface area (TPSA) is 23.5 Å². The summed E-state index contributed by atoms with van der Waals surface area (Å²) >= 11 is 0. The van der Waals surface area contributed by atoms with Crippen molar-refractivity contribution in [1.82, 2.24) is 4.90 Å². The first-order chi connectivity index (χ1) is 7.17. The Balaban J connectivity index is 0. The number of hydrogen-bond donors (Lipinski definition) is 1. The predicted octanol–water partition coefficient (Wildman–Crippen LogP) is -1.82. The molecular formula is C12H29BrN2O. The molecule has 0 aromatic rings. The number of aliphatic hydroxyl groups excluding tert-OH is 1. The minimum absolute atomic E-state index is 0. The molecule has 0 saturated heterocycles. The van der Waals surface area contributed by atoms with Crippen molar-refractivity contribution in [3.8, 4) is 0 Å². The molecule has 0 unspecified atom stereocenters. The quantitative estimate of drug-likeness (QED) is 0.507. The van der Waals surface area contributed by atoms with Crippen LogP contribution in [0.5, 0.6) is 0 Å². The number of halogens is 1.